The molecule has 0 fully saturated rings. The molecule has 0 saturated heterocycles. The van der Waals surface area contributed by atoms with E-state index in [1.807, 2.05) is 0 Å². The molecule has 0 N–H and O–H groups in total. The van der Waals surface area contributed by atoms with Crippen molar-refractivity contribution in [3.05, 3.63) is 22.8 Å². The van der Waals surface area contributed by atoms with Crippen LogP contribution in [-0.2, 0) is 20.7 Å². The minimum Gasteiger partial charge on any atom is -0.493 e. The van der Waals surface area contributed by atoms with Crippen LogP contribution in [0.25, 0.3) is 10.1 Å². The van der Waals surface area contributed by atoms with Crippen LogP contribution in [0.1, 0.15) is 4.88 Å². The summed E-state index contributed by atoms with van der Waals surface area (Å²) < 4.78 is 52.1. The summed E-state index contributed by atoms with van der Waals surface area (Å²) in [5, 5.41) is 0.391. The molecule has 0 atom stereocenters. The number of halogens is 1. The summed E-state index contributed by atoms with van der Waals surface area (Å²) in [6.07, 6.45) is 0.263. The van der Waals surface area contributed by atoms with E-state index < -0.39 is 15.9 Å². The molecule has 8 heteroatoms. The first-order chi connectivity index (χ1) is 9.91. The normalized spacial score (nSPS) is 11.8. The second-order valence-corrected chi connectivity index (χ2v) is 7.25. The van der Waals surface area contributed by atoms with E-state index in [0.717, 1.165) is 12.0 Å². The van der Waals surface area contributed by atoms with Gasteiger partial charge in [-0.1, -0.05) is 0 Å². The van der Waals surface area contributed by atoms with E-state index in [4.69, 9.17) is 9.47 Å². The maximum absolute atomic E-state index is 14.3. The van der Waals surface area contributed by atoms with E-state index >= 15 is 0 Å². The summed E-state index contributed by atoms with van der Waals surface area (Å²) in [6, 6.07) is 3.30. The van der Waals surface area contributed by atoms with Gasteiger partial charge in [0.05, 0.1) is 27.1 Å². The molecule has 0 aliphatic heterocycles. The third kappa shape index (κ3) is 3.28. The van der Waals surface area contributed by atoms with Crippen LogP contribution in [0.4, 0.5) is 4.39 Å². The number of aryl methyl sites for hydroxylation is 1. The van der Waals surface area contributed by atoms with Crippen molar-refractivity contribution in [2.75, 3.05) is 27.1 Å². The maximum Gasteiger partial charge on any atom is 0.267 e. The van der Waals surface area contributed by atoms with E-state index in [0.29, 0.717) is 15.8 Å². The average molecular weight is 334 g/mol. The van der Waals surface area contributed by atoms with E-state index in [-0.39, 0.29) is 17.9 Å². The second kappa shape index (κ2) is 6.17. The first-order valence-electron chi connectivity index (χ1n) is 6.03. The van der Waals surface area contributed by atoms with E-state index in [9.17, 15) is 12.8 Å². The average Bonchev–Trinajstić information content (AvgIpc) is 2.88. The summed E-state index contributed by atoms with van der Waals surface area (Å²) in [5.74, 6) is -0.310. The van der Waals surface area contributed by atoms with Crippen molar-refractivity contribution in [3.63, 3.8) is 0 Å². The van der Waals surface area contributed by atoms with Gasteiger partial charge in [0.1, 0.15) is 0 Å². The number of hydrogen-bond donors (Lipinski definition) is 0. The zero-order chi connectivity index (χ0) is 15.6. The van der Waals surface area contributed by atoms with Crippen LogP contribution in [0.2, 0.25) is 0 Å². The standard InChI is InChI=1S/C13H15FO5S2/c1-17-10-7-11-9(12(14)13(10)18-2)6-8(20-11)4-5-21(15,16)19-3/h6-7H,4-5H2,1-3H3. The highest BCUT2D eigenvalue weighted by Gasteiger charge is 2.18. The minimum absolute atomic E-state index is 0.0406. The number of thiophene rings is 1. The van der Waals surface area contributed by atoms with Crippen molar-refractivity contribution in [1.82, 2.24) is 0 Å². The van der Waals surface area contributed by atoms with Crippen molar-refractivity contribution in [2.45, 2.75) is 6.42 Å². The Morgan fingerprint density at radius 3 is 2.48 bits per heavy atom. The van der Waals surface area contributed by atoms with Gasteiger partial charge in [0.25, 0.3) is 10.1 Å². The van der Waals surface area contributed by atoms with Crippen molar-refractivity contribution in [1.29, 1.82) is 0 Å². The van der Waals surface area contributed by atoms with Gasteiger partial charge < -0.3 is 9.47 Å². The molecule has 0 bridgehead atoms. The van der Waals surface area contributed by atoms with Crippen molar-refractivity contribution in [2.24, 2.45) is 0 Å². The largest absolute Gasteiger partial charge is 0.493 e. The fourth-order valence-corrected chi connectivity index (χ4v) is 3.78. The Labute approximate surface area is 126 Å². The molecular formula is C13H15FO5S2. The first-order valence-corrected chi connectivity index (χ1v) is 8.42. The van der Waals surface area contributed by atoms with E-state index in [2.05, 4.69) is 4.18 Å². The monoisotopic (exact) mass is 334 g/mol. The van der Waals surface area contributed by atoms with E-state index in [1.165, 1.54) is 25.6 Å². The lowest BCUT2D eigenvalue weighted by Crippen LogP contribution is -2.09. The molecule has 0 unspecified atom stereocenters. The van der Waals surface area contributed by atoms with Gasteiger partial charge in [-0.2, -0.15) is 8.42 Å². The Kier molecular flexibility index (Phi) is 4.70. The van der Waals surface area contributed by atoms with Gasteiger partial charge in [-0.3, -0.25) is 4.18 Å². The van der Waals surface area contributed by atoms with Gasteiger partial charge in [0.15, 0.2) is 17.3 Å². The fraction of sp³-hybridized carbons (Fsp3) is 0.385. The van der Waals surface area contributed by atoms with Crippen LogP contribution in [-0.4, -0.2) is 35.5 Å². The molecule has 0 spiro atoms. The number of benzene rings is 1. The molecule has 0 radical (unpaired) electrons. The molecule has 0 aliphatic rings. The topological polar surface area (TPSA) is 61.8 Å². The first kappa shape index (κ1) is 16.0. The maximum atomic E-state index is 14.3. The Morgan fingerprint density at radius 2 is 1.90 bits per heavy atom. The Hall–Kier alpha value is -1.38. The van der Waals surface area contributed by atoms with Gasteiger partial charge in [0.2, 0.25) is 0 Å². The third-order valence-corrected chi connectivity index (χ3v) is 5.36. The Balaban J connectivity index is 2.40. The second-order valence-electron chi connectivity index (χ2n) is 4.23. The molecule has 0 saturated carbocycles. The SMILES string of the molecule is COc1cc2sc(CCS(=O)(=O)OC)cc2c(F)c1OC. The highest BCUT2D eigenvalue weighted by atomic mass is 32.2. The molecule has 2 aromatic rings. The lowest BCUT2D eigenvalue weighted by molar-refractivity contribution is 0.340. The predicted octanol–water partition coefficient (Wildman–Crippen LogP) is 2.58. The molecule has 2 rings (SSSR count). The molecule has 0 aliphatic carbocycles. The van der Waals surface area contributed by atoms with Gasteiger partial charge in [-0.05, 0) is 12.5 Å². The van der Waals surface area contributed by atoms with Crippen LogP contribution in [0, 0.1) is 5.82 Å². The zero-order valence-corrected chi connectivity index (χ0v) is 13.4. The van der Waals surface area contributed by atoms with Crippen molar-refractivity contribution in [3.8, 4) is 11.5 Å². The number of rotatable bonds is 6. The third-order valence-electron chi connectivity index (χ3n) is 3.01. The number of ether oxygens (including phenoxy) is 2. The van der Waals surface area contributed by atoms with E-state index in [1.54, 1.807) is 12.1 Å². The zero-order valence-electron chi connectivity index (χ0n) is 11.8. The summed E-state index contributed by atoms with van der Waals surface area (Å²) in [7, 11) is 0.393. The van der Waals surface area contributed by atoms with Crippen molar-refractivity contribution < 1.29 is 26.5 Å². The molecule has 116 valence electrons. The summed E-state index contributed by atoms with van der Waals surface area (Å²) in [6.45, 7) is 0. The summed E-state index contributed by atoms with van der Waals surface area (Å²) in [5.41, 5.74) is 0. The molecular weight excluding hydrogens is 319 g/mol. The minimum atomic E-state index is -3.53. The summed E-state index contributed by atoms with van der Waals surface area (Å²) >= 11 is 1.32. The van der Waals surface area contributed by atoms with Gasteiger partial charge in [-0.25, -0.2) is 4.39 Å². The molecule has 0 amide bonds. The fourth-order valence-electron chi connectivity index (χ4n) is 1.93. The van der Waals surface area contributed by atoms with Gasteiger partial charge in [0, 0.05) is 21.0 Å². The number of fused-ring (bicyclic) bond motifs is 1. The highest BCUT2D eigenvalue weighted by Crippen LogP contribution is 2.39. The molecule has 21 heavy (non-hydrogen) atoms. The van der Waals surface area contributed by atoms with Crippen LogP contribution in [0.15, 0.2) is 12.1 Å². The van der Waals surface area contributed by atoms with Gasteiger partial charge in [-0.15, -0.1) is 11.3 Å². The molecule has 5 nitrogen and oxygen atoms in total. The van der Waals surface area contributed by atoms with Crippen molar-refractivity contribution >= 4 is 31.5 Å². The molecule has 1 aromatic heterocycles. The Bertz CT molecular complexity index is 751. The smallest absolute Gasteiger partial charge is 0.267 e. The van der Waals surface area contributed by atoms with Crippen LogP contribution < -0.4 is 9.47 Å². The predicted molar refractivity (Wildman–Crippen MR) is 79.4 cm³/mol. The lowest BCUT2D eigenvalue weighted by Gasteiger charge is -2.08. The highest BCUT2D eigenvalue weighted by molar-refractivity contribution is 7.86. The molecule has 1 aromatic carbocycles. The van der Waals surface area contributed by atoms with Crippen LogP contribution >= 0.6 is 11.3 Å². The van der Waals surface area contributed by atoms with Gasteiger partial charge >= 0.3 is 0 Å². The molecule has 1 heterocycles. The quantitative estimate of drug-likeness (QED) is 0.760. The number of hydrogen-bond acceptors (Lipinski definition) is 6. The number of methoxy groups -OCH3 is 2. The summed E-state index contributed by atoms with van der Waals surface area (Å²) in [4.78, 5) is 0.750. The Morgan fingerprint density at radius 1 is 1.19 bits per heavy atom. The lowest BCUT2D eigenvalue weighted by atomic mass is 10.2. The van der Waals surface area contributed by atoms with Crippen LogP contribution in [0.3, 0.4) is 0 Å². The van der Waals surface area contributed by atoms with Crippen LogP contribution in [0.5, 0.6) is 11.5 Å².